The maximum atomic E-state index is 11.9. The van der Waals surface area contributed by atoms with Gasteiger partial charge >= 0.3 is 0 Å². The van der Waals surface area contributed by atoms with E-state index < -0.39 is 0 Å². The van der Waals surface area contributed by atoms with Crippen LogP contribution in [0.3, 0.4) is 0 Å². The van der Waals surface area contributed by atoms with Crippen molar-refractivity contribution in [2.75, 3.05) is 5.32 Å². The Morgan fingerprint density at radius 1 is 1.20 bits per heavy atom. The van der Waals surface area contributed by atoms with E-state index in [9.17, 15) is 4.79 Å². The minimum absolute atomic E-state index is 0.000509. The van der Waals surface area contributed by atoms with Gasteiger partial charge in [0.05, 0.1) is 5.56 Å². The lowest BCUT2D eigenvalue weighted by molar-refractivity contribution is 0.0884. The highest BCUT2D eigenvalue weighted by molar-refractivity contribution is 6.02. The highest BCUT2D eigenvalue weighted by Crippen LogP contribution is 2.28. The highest BCUT2D eigenvalue weighted by atomic mass is 16.2. The molecule has 80 valence electrons. The van der Waals surface area contributed by atoms with Crippen LogP contribution in [0.5, 0.6) is 0 Å². The number of amides is 1. The molecule has 3 nitrogen and oxygen atoms in total. The number of anilines is 1. The Labute approximate surface area is 89.9 Å². The minimum atomic E-state index is -0.356. The van der Waals surface area contributed by atoms with Crippen LogP contribution >= 0.6 is 0 Å². The smallest absolute Gasteiger partial charge is 0.255 e. The molecule has 0 saturated heterocycles. The summed E-state index contributed by atoms with van der Waals surface area (Å²) in [5, 5.41) is 6.37. The molecule has 3 heteroatoms. The van der Waals surface area contributed by atoms with Crippen LogP contribution in [-0.2, 0) is 0 Å². The van der Waals surface area contributed by atoms with Crippen molar-refractivity contribution < 1.29 is 4.79 Å². The molecule has 1 unspecified atom stereocenters. The second-order valence-corrected chi connectivity index (χ2v) is 4.48. The van der Waals surface area contributed by atoms with Gasteiger partial charge in [-0.15, -0.1) is 0 Å². The van der Waals surface area contributed by atoms with Crippen molar-refractivity contribution in [3.05, 3.63) is 29.8 Å². The van der Waals surface area contributed by atoms with Crippen LogP contribution in [0.4, 0.5) is 5.69 Å². The first-order valence-electron chi connectivity index (χ1n) is 5.22. The molecule has 1 aromatic rings. The van der Waals surface area contributed by atoms with Gasteiger partial charge in [0, 0.05) is 5.69 Å². The minimum Gasteiger partial charge on any atom is -0.362 e. The molecule has 0 spiro atoms. The summed E-state index contributed by atoms with van der Waals surface area (Å²) in [4.78, 5) is 11.9. The SMILES string of the molecule is CC(C)C1(C)NC(=O)c2ccccc2N1. The molecule has 0 fully saturated rings. The van der Waals surface area contributed by atoms with Crippen molar-refractivity contribution in [2.45, 2.75) is 26.4 Å². The molecule has 0 bridgehead atoms. The standard InChI is InChI=1S/C12H16N2O/c1-8(2)12(3)13-10-7-5-4-6-9(10)11(15)14-12/h4-8,13H,1-3H3,(H,14,15). The van der Waals surface area contributed by atoms with Crippen molar-refractivity contribution in [3.8, 4) is 0 Å². The number of hydrogen-bond acceptors (Lipinski definition) is 2. The Balaban J connectivity index is 2.42. The van der Waals surface area contributed by atoms with Gasteiger partial charge in [-0.2, -0.15) is 0 Å². The summed E-state index contributed by atoms with van der Waals surface area (Å²) >= 11 is 0. The van der Waals surface area contributed by atoms with Crippen LogP contribution in [0.15, 0.2) is 24.3 Å². The van der Waals surface area contributed by atoms with Gasteiger partial charge < -0.3 is 10.6 Å². The fourth-order valence-corrected chi connectivity index (χ4v) is 1.69. The maximum Gasteiger partial charge on any atom is 0.255 e. The monoisotopic (exact) mass is 204 g/mol. The molecule has 1 aromatic carbocycles. The number of hydrogen-bond donors (Lipinski definition) is 2. The van der Waals surface area contributed by atoms with E-state index in [2.05, 4.69) is 24.5 Å². The maximum absolute atomic E-state index is 11.9. The van der Waals surface area contributed by atoms with E-state index in [1.807, 2.05) is 31.2 Å². The average molecular weight is 204 g/mol. The molecule has 1 amide bonds. The first-order valence-corrected chi connectivity index (χ1v) is 5.22. The molecule has 15 heavy (non-hydrogen) atoms. The van der Waals surface area contributed by atoms with Crippen molar-refractivity contribution in [2.24, 2.45) is 5.92 Å². The van der Waals surface area contributed by atoms with Crippen molar-refractivity contribution in [3.63, 3.8) is 0 Å². The summed E-state index contributed by atoms with van der Waals surface area (Å²) in [7, 11) is 0. The fourth-order valence-electron chi connectivity index (χ4n) is 1.69. The van der Waals surface area contributed by atoms with Crippen LogP contribution in [0.2, 0.25) is 0 Å². The Morgan fingerprint density at radius 3 is 2.53 bits per heavy atom. The number of rotatable bonds is 1. The lowest BCUT2D eigenvalue weighted by Crippen LogP contribution is -2.58. The Hall–Kier alpha value is -1.51. The van der Waals surface area contributed by atoms with E-state index in [1.165, 1.54) is 0 Å². The zero-order chi connectivity index (χ0) is 11.1. The lowest BCUT2D eigenvalue weighted by atomic mass is 9.93. The molecular formula is C12H16N2O. The van der Waals surface area contributed by atoms with Crippen molar-refractivity contribution in [1.29, 1.82) is 0 Å². The Kier molecular flexibility index (Phi) is 2.18. The van der Waals surface area contributed by atoms with Crippen molar-refractivity contribution in [1.82, 2.24) is 5.32 Å². The third-order valence-electron chi connectivity index (χ3n) is 3.09. The Bertz CT molecular complexity index is 400. The molecule has 0 aromatic heterocycles. The second kappa shape index (κ2) is 3.26. The third-order valence-corrected chi connectivity index (χ3v) is 3.09. The van der Waals surface area contributed by atoms with Gasteiger partial charge in [-0.3, -0.25) is 4.79 Å². The summed E-state index contributed by atoms with van der Waals surface area (Å²) in [5.41, 5.74) is 1.28. The number of fused-ring (bicyclic) bond motifs is 1. The number of benzene rings is 1. The predicted molar refractivity (Wildman–Crippen MR) is 60.8 cm³/mol. The fraction of sp³-hybridized carbons (Fsp3) is 0.417. The summed E-state index contributed by atoms with van der Waals surface area (Å²) in [6.07, 6.45) is 0. The highest BCUT2D eigenvalue weighted by Gasteiger charge is 2.35. The van der Waals surface area contributed by atoms with Crippen LogP contribution in [0.1, 0.15) is 31.1 Å². The van der Waals surface area contributed by atoms with Gasteiger partial charge in [0.15, 0.2) is 0 Å². The third kappa shape index (κ3) is 1.58. The van der Waals surface area contributed by atoms with Gasteiger partial charge in [-0.1, -0.05) is 26.0 Å². The largest absolute Gasteiger partial charge is 0.362 e. The molecule has 1 heterocycles. The molecular weight excluding hydrogens is 188 g/mol. The van der Waals surface area contributed by atoms with Gasteiger partial charge in [0.25, 0.3) is 5.91 Å². The van der Waals surface area contributed by atoms with E-state index >= 15 is 0 Å². The molecule has 1 aliphatic heterocycles. The van der Waals surface area contributed by atoms with Gasteiger partial charge in [0.1, 0.15) is 5.66 Å². The number of carbonyl (C=O) groups is 1. The van der Waals surface area contributed by atoms with Crippen LogP contribution < -0.4 is 10.6 Å². The first kappa shape index (κ1) is 10.0. The lowest BCUT2D eigenvalue weighted by Gasteiger charge is -2.40. The van der Waals surface area contributed by atoms with E-state index in [-0.39, 0.29) is 11.6 Å². The zero-order valence-electron chi connectivity index (χ0n) is 9.29. The van der Waals surface area contributed by atoms with Gasteiger partial charge in [-0.25, -0.2) is 0 Å². The molecule has 2 N–H and O–H groups in total. The van der Waals surface area contributed by atoms with Crippen LogP contribution in [0, 0.1) is 5.92 Å². The molecule has 0 saturated carbocycles. The Morgan fingerprint density at radius 2 is 1.87 bits per heavy atom. The molecule has 0 aliphatic carbocycles. The van der Waals surface area contributed by atoms with Gasteiger partial charge in [-0.05, 0) is 25.0 Å². The predicted octanol–water partition coefficient (Wildman–Crippen LogP) is 2.21. The second-order valence-electron chi connectivity index (χ2n) is 4.48. The summed E-state index contributed by atoms with van der Waals surface area (Å²) in [6.45, 7) is 6.17. The number of nitrogens with one attached hydrogen (secondary N) is 2. The first-order chi connectivity index (χ1) is 7.03. The van der Waals surface area contributed by atoms with Gasteiger partial charge in [0.2, 0.25) is 0 Å². The number of carbonyl (C=O) groups excluding carboxylic acids is 1. The zero-order valence-corrected chi connectivity index (χ0v) is 9.29. The average Bonchev–Trinajstić information content (AvgIpc) is 2.17. The molecule has 0 radical (unpaired) electrons. The number of para-hydroxylation sites is 1. The normalized spacial score (nSPS) is 24.4. The van der Waals surface area contributed by atoms with E-state index in [4.69, 9.17) is 0 Å². The molecule has 1 atom stereocenters. The van der Waals surface area contributed by atoms with E-state index in [0.29, 0.717) is 5.92 Å². The molecule has 1 aliphatic rings. The topological polar surface area (TPSA) is 41.1 Å². The van der Waals surface area contributed by atoms with Crippen LogP contribution in [-0.4, -0.2) is 11.6 Å². The van der Waals surface area contributed by atoms with E-state index in [0.717, 1.165) is 11.3 Å². The summed E-state index contributed by atoms with van der Waals surface area (Å²) in [6, 6.07) is 7.58. The quantitative estimate of drug-likeness (QED) is 0.736. The summed E-state index contributed by atoms with van der Waals surface area (Å²) < 4.78 is 0. The van der Waals surface area contributed by atoms with Crippen LogP contribution in [0.25, 0.3) is 0 Å². The molecule has 2 rings (SSSR count). The summed E-state index contributed by atoms with van der Waals surface area (Å²) in [5.74, 6) is 0.329. The van der Waals surface area contributed by atoms with Crippen molar-refractivity contribution >= 4 is 11.6 Å². The van der Waals surface area contributed by atoms with E-state index in [1.54, 1.807) is 0 Å².